The van der Waals surface area contributed by atoms with Gasteiger partial charge in [0.2, 0.25) is 0 Å². The fourth-order valence-corrected chi connectivity index (χ4v) is 5.92. The smallest absolute Gasteiger partial charge is 0.412 e. The number of methoxy groups -OCH3 is 1. The Morgan fingerprint density at radius 1 is 1.07 bits per heavy atom. The van der Waals surface area contributed by atoms with Gasteiger partial charge in [0, 0.05) is 22.0 Å². The second-order valence-corrected chi connectivity index (χ2v) is 11.7. The molecule has 3 heterocycles. The van der Waals surface area contributed by atoms with Crippen molar-refractivity contribution in [1.82, 2.24) is 19.9 Å². The maximum atomic E-state index is 15.5. The van der Waals surface area contributed by atoms with Gasteiger partial charge in [0.05, 0.1) is 53.8 Å². The van der Waals surface area contributed by atoms with E-state index >= 15 is 4.39 Å². The van der Waals surface area contributed by atoms with Crippen molar-refractivity contribution < 1.29 is 33.6 Å². The van der Waals surface area contributed by atoms with Crippen LogP contribution in [0.1, 0.15) is 20.8 Å². The Labute approximate surface area is 264 Å². The third kappa shape index (κ3) is 6.41. The molecule has 2 N–H and O–H groups in total. The zero-order valence-electron chi connectivity index (χ0n) is 23.8. The van der Waals surface area contributed by atoms with Gasteiger partial charge in [-0.1, -0.05) is 23.2 Å². The summed E-state index contributed by atoms with van der Waals surface area (Å²) >= 11 is 14.1. The van der Waals surface area contributed by atoms with Gasteiger partial charge >= 0.3 is 12.1 Å². The average Bonchev–Trinajstić information content (AvgIpc) is 3.42. The number of rotatable bonds is 10. The van der Waals surface area contributed by atoms with Gasteiger partial charge in [0.15, 0.2) is 11.6 Å². The van der Waals surface area contributed by atoms with Gasteiger partial charge in [-0.2, -0.15) is 0 Å². The molecule has 0 fully saturated rings. The Balaban J connectivity index is 1.43. The summed E-state index contributed by atoms with van der Waals surface area (Å²) in [4.78, 5) is 30.3. The van der Waals surface area contributed by atoms with Crippen LogP contribution in [0.3, 0.4) is 0 Å². The van der Waals surface area contributed by atoms with Crippen LogP contribution in [-0.2, 0) is 0 Å². The summed E-state index contributed by atoms with van der Waals surface area (Å²) in [6, 6.07) is 5.93. The molecule has 0 aliphatic carbocycles. The topological polar surface area (TPSA) is 140 Å². The summed E-state index contributed by atoms with van der Waals surface area (Å²) in [5.74, 6) is -0.434. The second-order valence-electron chi connectivity index (χ2n) is 9.87. The molecule has 0 spiro atoms. The fourth-order valence-electron chi connectivity index (χ4n) is 4.38. The van der Waals surface area contributed by atoms with Gasteiger partial charge in [-0.3, -0.25) is 9.88 Å². The van der Waals surface area contributed by atoms with Crippen LogP contribution in [0.4, 0.5) is 14.9 Å². The monoisotopic (exact) mass is 661 g/mol. The number of hydrogen-bond donors (Lipinski definition) is 2. The molecule has 5 rings (SSSR count). The molecule has 2 aromatic carbocycles. The number of benzene rings is 2. The van der Waals surface area contributed by atoms with Crippen LogP contribution in [0.5, 0.6) is 17.5 Å². The molecule has 0 radical (unpaired) electrons. The number of thiazole rings is 1. The maximum absolute atomic E-state index is 15.5. The molecule has 11 nitrogen and oxygen atoms in total. The highest BCUT2D eigenvalue weighted by Gasteiger charge is 2.30. The molecule has 3 atom stereocenters. The van der Waals surface area contributed by atoms with Crippen molar-refractivity contribution in [1.29, 1.82) is 0 Å². The SMILES string of the molecule is COc1cnc2c(-c3nc4c(Cl)c(F)c(OC(C)C(C)N(C(=O)O)c5cnc(OCC(C)O)nc5)cc4s3)cc(Cl)cc2c1. The van der Waals surface area contributed by atoms with Gasteiger partial charge in [-0.05, 0) is 39.0 Å². The summed E-state index contributed by atoms with van der Waals surface area (Å²) in [5.41, 5.74) is 1.65. The Morgan fingerprint density at radius 2 is 1.80 bits per heavy atom. The number of aliphatic hydroxyl groups excluding tert-OH is 1. The van der Waals surface area contributed by atoms with Gasteiger partial charge in [0.1, 0.15) is 34.0 Å². The van der Waals surface area contributed by atoms with Crippen molar-refractivity contribution in [3.05, 3.63) is 58.7 Å². The summed E-state index contributed by atoms with van der Waals surface area (Å²) in [7, 11) is 1.54. The van der Waals surface area contributed by atoms with Crippen LogP contribution < -0.4 is 19.1 Å². The zero-order chi connectivity index (χ0) is 31.7. The Morgan fingerprint density at radius 3 is 2.45 bits per heavy atom. The predicted molar refractivity (Wildman–Crippen MR) is 166 cm³/mol. The van der Waals surface area contributed by atoms with E-state index in [1.165, 1.54) is 29.8 Å². The van der Waals surface area contributed by atoms with Crippen LogP contribution in [0.25, 0.3) is 31.7 Å². The lowest BCUT2D eigenvalue weighted by atomic mass is 10.1. The van der Waals surface area contributed by atoms with E-state index in [-0.39, 0.29) is 34.6 Å². The minimum absolute atomic E-state index is 0.0211. The number of carboxylic acid groups (broad SMARTS) is 1. The first-order chi connectivity index (χ1) is 21.0. The van der Waals surface area contributed by atoms with Crippen molar-refractivity contribution in [3.8, 4) is 28.1 Å². The van der Waals surface area contributed by atoms with Crippen molar-refractivity contribution in [2.45, 2.75) is 39.0 Å². The molecule has 0 aliphatic rings. The number of ether oxygens (including phenoxy) is 3. The lowest BCUT2D eigenvalue weighted by Gasteiger charge is -2.30. The molecule has 230 valence electrons. The number of anilines is 1. The van der Waals surface area contributed by atoms with E-state index in [9.17, 15) is 15.0 Å². The quantitative estimate of drug-likeness (QED) is 0.163. The zero-order valence-corrected chi connectivity index (χ0v) is 26.1. The highest BCUT2D eigenvalue weighted by atomic mass is 35.5. The van der Waals surface area contributed by atoms with Gasteiger partial charge in [-0.15, -0.1) is 11.3 Å². The number of aromatic nitrogens is 4. The highest BCUT2D eigenvalue weighted by Crippen LogP contribution is 2.42. The minimum Gasteiger partial charge on any atom is -0.495 e. The first-order valence-electron chi connectivity index (χ1n) is 13.2. The summed E-state index contributed by atoms with van der Waals surface area (Å²) in [5, 5.41) is 20.8. The van der Waals surface area contributed by atoms with Gasteiger partial charge in [0.25, 0.3) is 0 Å². The highest BCUT2D eigenvalue weighted by molar-refractivity contribution is 7.21. The molecule has 3 unspecified atom stereocenters. The van der Waals surface area contributed by atoms with E-state index in [1.54, 1.807) is 52.3 Å². The number of carbonyl (C=O) groups is 1. The first kappa shape index (κ1) is 31.4. The van der Waals surface area contributed by atoms with E-state index in [4.69, 9.17) is 37.4 Å². The standard InChI is InChI=1S/C29H26Cl2FN5O6S/c1-13(38)12-42-28-34-9-18(10-35-28)37(29(39)40)14(2)15(3)43-21-8-22-26(23(31)24(21)32)36-27(44-22)20-7-17(30)5-16-6-19(41-4)11-33-25(16)20/h5-11,13-15,38H,12H2,1-4H3,(H,39,40). The predicted octanol–water partition coefficient (Wildman–Crippen LogP) is 6.86. The molecular weight excluding hydrogens is 636 g/mol. The van der Waals surface area contributed by atoms with E-state index in [2.05, 4.69) is 19.9 Å². The Bertz CT molecular complexity index is 1840. The molecule has 3 aromatic heterocycles. The molecule has 0 saturated heterocycles. The van der Waals surface area contributed by atoms with Gasteiger partial charge < -0.3 is 24.4 Å². The van der Waals surface area contributed by atoms with E-state index in [0.29, 0.717) is 31.6 Å². The number of nitrogens with zero attached hydrogens (tertiary/aromatic N) is 5. The van der Waals surface area contributed by atoms with E-state index in [0.717, 1.165) is 10.3 Å². The number of pyridine rings is 1. The normalized spacial score (nSPS) is 13.5. The third-order valence-electron chi connectivity index (χ3n) is 6.67. The van der Waals surface area contributed by atoms with E-state index < -0.39 is 30.2 Å². The van der Waals surface area contributed by atoms with Crippen LogP contribution in [0.2, 0.25) is 10.0 Å². The maximum Gasteiger partial charge on any atom is 0.412 e. The summed E-state index contributed by atoms with van der Waals surface area (Å²) in [6.45, 7) is 4.73. The summed E-state index contributed by atoms with van der Waals surface area (Å²) in [6.07, 6.45) is 1.26. The van der Waals surface area contributed by atoms with Crippen molar-refractivity contribution >= 4 is 67.4 Å². The minimum atomic E-state index is -1.30. The molecular formula is C29H26Cl2FN5O6S. The van der Waals surface area contributed by atoms with Gasteiger partial charge in [-0.25, -0.2) is 24.1 Å². The second kappa shape index (κ2) is 12.9. The molecule has 1 amide bonds. The number of hydrogen-bond acceptors (Lipinski definition) is 10. The average molecular weight is 663 g/mol. The molecule has 5 aromatic rings. The fraction of sp³-hybridized carbons (Fsp3) is 0.276. The van der Waals surface area contributed by atoms with Crippen molar-refractivity contribution in [2.24, 2.45) is 0 Å². The molecule has 15 heteroatoms. The van der Waals surface area contributed by atoms with Crippen molar-refractivity contribution in [2.75, 3.05) is 18.6 Å². The van der Waals surface area contributed by atoms with E-state index in [1.807, 2.05) is 0 Å². The van der Waals surface area contributed by atoms with Crippen LogP contribution >= 0.6 is 34.5 Å². The third-order valence-corrected chi connectivity index (χ3v) is 8.27. The summed E-state index contributed by atoms with van der Waals surface area (Å²) < 4.78 is 32.5. The number of halogens is 3. The van der Waals surface area contributed by atoms with Crippen LogP contribution in [0, 0.1) is 5.82 Å². The van der Waals surface area contributed by atoms with Crippen LogP contribution in [-0.4, -0.2) is 68.2 Å². The lowest BCUT2D eigenvalue weighted by molar-refractivity contribution is 0.116. The number of aliphatic hydroxyl groups is 1. The Kier molecular flexibility index (Phi) is 9.20. The molecule has 0 aliphatic heterocycles. The molecule has 0 bridgehead atoms. The number of fused-ring (bicyclic) bond motifs is 2. The Hall–Kier alpha value is -4.04. The van der Waals surface area contributed by atoms with Crippen molar-refractivity contribution in [3.63, 3.8) is 0 Å². The molecule has 0 saturated carbocycles. The molecule has 44 heavy (non-hydrogen) atoms. The number of amides is 1. The van der Waals surface area contributed by atoms with Crippen LogP contribution in [0.15, 0.2) is 42.9 Å². The lowest BCUT2D eigenvalue weighted by Crippen LogP contribution is -2.46. The largest absolute Gasteiger partial charge is 0.495 e. The first-order valence-corrected chi connectivity index (χ1v) is 14.8.